The molecule has 0 unspecified atom stereocenters. The maximum atomic E-state index is 12.8. The lowest BCUT2D eigenvalue weighted by Crippen LogP contribution is -2.33. The second kappa shape index (κ2) is 10.6. The minimum atomic E-state index is -0.00395. The van der Waals surface area contributed by atoms with Crippen LogP contribution in [0.15, 0.2) is 48.5 Å². The SMILES string of the molecule is O=C(NCCN1CCCC1)c1ccccc1-c1ccc(OCCN2CCCC2)cc1. The van der Waals surface area contributed by atoms with Crippen LogP contribution in [0.25, 0.3) is 11.1 Å². The zero-order chi connectivity index (χ0) is 20.6. The molecular formula is C25H33N3O2. The van der Waals surface area contributed by atoms with Crippen LogP contribution in [0.1, 0.15) is 36.0 Å². The minimum absolute atomic E-state index is 0.00395. The Morgan fingerprint density at radius 1 is 0.833 bits per heavy atom. The van der Waals surface area contributed by atoms with E-state index in [1.807, 2.05) is 48.5 Å². The highest BCUT2D eigenvalue weighted by Crippen LogP contribution is 2.26. The van der Waals surface area contributed by atoms with Gasteiger partial charge in [-0.25, -0.2) is 0 Å². The molecule has 0 saturated carbocycles. The number of nitrogens with zero attached hydrogens (tertiary/aromatic N) is 2. The van der Waals surface area contributed by atoms with Gasteiger partial charge in [-0.05, 0) is 81.2 Å². The van der Waals surface area contributed by atoms with E-state index >= 15 is 0 Å². The molecule has 2 aromatic carbocycles. The van der Waals surface area contributed by atoms with Gasteiger partial charge in [0, 0.05) is 25.2 Å². The van der Waals surface area contributed by atoms with Crippen molar-refractivity contribution < 1.29 is 9.53 Å². The molecular weight excluding hydrogens is 374 g/mol. The summed E-state index contributed by atoms with van der Waals surface area (Å²) in [5.41, 5.74) is 2.72. The van der Waals surface area contributed by atoms with Crippen molar-refractivity contribution in [3.05, 3.63) is 54.1 Å². The predicted molar refractivity (Wildman–Crippen MR) is 121 cm³/mol. The molecule has 2 saturated heterocycles. The molecule has 0 bridgehead atoms. The van der Waals surface area contributed by atoms with Gasteiger partial charge in [-0.15, -0.1) is 0 Å². The van der Waals surface area contributed by atoms with Crippen LogP contribution in [0.5, 0.6) is 5.75 Å². The Labute approximate surface area is 180 Å². The zero-order valence-electron chi connectivity index (χ0n) is 17.8. The Morgan fingerprint density at radius 3 is 2.17 bits per heavy atom. The molecule has 0 aliphatic carbocycles. The van der Waals surface area contributed by atoms with E-state index in [1.165, 1.54) is 38.8 Å². The third-order valence-electron chi connectivity index (χ3n) is 6.12. The highest BCUT2D eigenvalue weighted by molar-refractivity contribution is 6.00. The average Bonchev–Trinajstić information content (AvgIpc) is 3.49. The molecule has 0 radical (unpaired) electrons. The van der Waals surface area contributed by atoms with Gasteiger partial charge < -0.3 is 15.0 Å². The number of hydrogen-bond donors (Lipinski definition) is 1. The van der Waals surface area contributed by atoms with Gasteiger partial charge in [0.1, 0.15) is 12.4 Å². The first-order valence-electron chi connectivity index (χ1n) is 11.3. The van der Waals surface area contributed by atoms with E-state index in [0.717, 1.165) is 55.2 Å². The summed E-state index contributed by atoms with van der Waals surface area (Å²) < 4.78 is 5.91. The summed E-state index contributed by atoms with van der Waals surface area (Å²) in [5, 5.41) is 3.09. The molecule has 2 fully saturated rings. The van der Waals surface area contributed by atoms with Gasteiger partial charge in [0.2, 0.25) is 0 Å². The fourth-order valence-corrected chi connectivity index (χ4v) is 4.39. The summed E-state index contributed by atoms with van der Waals surface area (Å²) >= 11 is 0. The fourth-order valence-electron chi connectivity index (χ4n) is 4.39. The Morgan fingerprint density at radius 2 is 1.47 bits per heavy atom. The van der Waals surface area contributed by atoms with E-state index in [9.17, 15) is 4.79 Å². The van der Waals surface area contributed by atoms with Gasteiger partial charge in [-0.1, -0.05) is 30.3 Å². The maximum absolute atomic E-state index is 12.8. The number of ether oxygens (including phenoxy) is 1. The van der Waals surface area contributed by atoms with Gasteiger partial charge in [0.05, 0.1) is 0 Å². The number of hydrogen-bond acceptors (Lipinski definition) is 4. The molecule has 0 aromatic heterocycles. The minimum Gasteiger partial charge on any atom is -0.492 e. The molecule has 2 aromatic rings. The van der Waals surface area contributed by atoms with Crippen LogP contribution in [0, 0.1) is 0 Å². The summed E-state index contributed by atoms with van der Waals surface area (Å²) in [6.45, 7) is 8.02. The normalized spacial score (nSPS) is 17.3. The van der Waals surface area contributed by atoms with Crippen LogP contribution >= 0.6 is 0 Å². The van der Waals surface area contributed by atoms with E-state index < -0.39 is 0 Å². The third-order valence-corrected chi connectivity index (χ3v) is 6.12. The zero-order valence-corrected chi connectivity index (χ0v) is 17.8. The summed E-state index contributed by atoms with van der Waals surface area (Å²) in [4.78, 5) is 17.7. The summed E-state index contributed by atoms with van der Waals surface area (Å²) in [7, 11) is 0. The van der Waals surface area contributed by atoms with E-state index in [2.05, 4.69) is 15.1 Å². The van der Waals surface area contributed by atoms with E-state index in [-0.39, 0.29) is 5.91 Å². The van der Waals surface area contributed by atoms with E-state index in [4.69, 9.17) is 4.74 Å². The summed E-state index contributed by atoms with van der Waals surface area (Å²) in [6, 6.07) is 15.9. The molecule has 1 amide bonds. The van der Waals surface area contributed by atoms with Gasteiger partial charge >= 0.3 is 0 Å². The lowest BCUT2D eigenvalue weighted by atomic mass is 9.99. The third kappa shape index (κ3) is 5.61. The van der Waals surface area contributed by atoms with E-state index in [1.54, 1.807) is 0 Å². The highest BCUT2D eigenvalue weighted by atomic mass is 16.5. The van der Waals surface area contributed by atoms with Crippen molar-refractivity contribution in [1.82, 2.24) is 15.1 Å². The number of likely N-dealkylation sites (tertiary alicyclic amines) is 2. The Bertz CT molecular complexity index is 809. The number of carbonyl (C=O) groups is 1. The van der Waals surface area contributed by atoms with E-state index in [0.29, 0.717) is 6.54 Å². The number of carbonyl (C=O) groups excluding carboxylic acids is 1. The van der Waals surface area contributed by atoms with Crippen LogP contribution in [0.3, 0.4) is 0 Å². The Kier molecular flexibility index (Phi) is 7.38. The van der Waals surface area contributed by atoms with Crippen molar-refractivity contribution in [2.75, 3.05) is 52.4 Å². The first-order chi connectivity index (χ1) is 14.8. The monoisotopic (exact) mass is 407 g/mol. The lowest BCUT2D eigenvalue weighted by Gasteiger charge is -2.16. The molecule has 160 valence electrons. The first-order valence-corrected chi connectivity index (χ1v) is 11.3. The van der Waals surface area contributed by atoms with Gasteiger partial charge in [-0.3, -0.25) is 9.69 Å². The quantitative estimate of drug-likeness (QED) is 0.689. The topological polar surface area (TPSA) is 44.8 Å². The number of benzene rings is 2. The van der Waals surface area contributed by atoms with Crippen molar-refractivity contribution in [2.24, 2.45) is 0 Å². The van der Waals surface area contributed by atoms with Gasteiger partial charge in [0.25, 0.3) is 5.91 Å². The molecule has 0 spiro atoms. The second-order valence-corrected chi connectivity index (χ2v) is 8.27. The first kappa shape index (κ1) is 20.9. The molecule has 2 aliphatic rings. The molecule has 0 atom stereocenters. The fraction of sp³-hybridized carbons (Fsp3) is 0.480. The second-order valence-electron chi connectivity index (χ2n) is 8.27. The smallest absolute Gasteiger partial charge is 0.251 e. The lowest BCUT2D eigenvalue weighted by molar-refractivity contribution is 0.0950. The van der Waals surface area contributed by atoms with Crippen molar-refractivity contribution in [1.29, 1.82) is 0 Å². The van der Waals surface area contributed by atoms with Crippen LogP contribution < -0.4 is 10.1 Å². The number of nitrogens with one attached hydrogen (secondary N) is 1. The van der Waals surface area contributed by atoms with Crippen LogP contribution in [0.4, 0.5) is 0 Å². The van der Waals surface area contributed by atoms with Crippen LogP contribution in [-0.2, 0) is 0 Å². The molecule has 2 aliphatic heterocycles. The molecule has 2 heterocycles. The Balaban J connectivity index is 1.33. The Hall–Kier alpha value is -2.37. The molecule has 4 rings (SSSR count). The maximum Gasteiger partial charge on any atom is 0.251 e. The van der Waals surface area contributed by atoms with Crippen molar-refractivity contribution in [3.63, 3.8) is 0 Å². The van der Waals surface area contributed by atoms with Crippen molar-refractivity contribution in [2.45, 2.75) is 25.7 Å². The standard InChI is InChI=1S/C25H33N3O2/c29-25(26-13-18-27-14-3-4-15-27)24-8-2-1-7-23(24)21-9-11-22(12-10-21)30-20-19-28-16-5-6-17-28/h1-2,7-12H,3-6,13-20H2,(H,26,29). The molecule has 30 heavy (non-hydrogen) atoms. The number of rotatable bonds is 9. The molecule has 5 heteroatoms. The van der Waals surface area contributed by atoms with Crippen LogP contribution in [0.2, 0.25) is 0 Å². The summed E-state index contributed by atoms with van der Waals surface area (Å²) in [6.07, 6.45) is 5.16. The molecule has 5 nitrogen and oxygen atoms in total. The van der Waals surface area contributed by atoms with Gasteiger partial charge in [0.15, 0.2) is 0 Å². The molecule has 1 N–H and O–H groups in total. The van der Waals surface area contributed by atoms with Crippen molar-refractivity contribution in [3.8, 4) is 16.9 Å². The van der Waals surface area contributed by atoms with Gasteiger partial charge in [-0.2, -0.15) is 0 Å². The largest absolute Gasteiger partial charge is 0.492 e. The van der Waals surface area contributed by atoms with Crippen molar-refractivity contribution >= 4 is 5.91 Å². The predicted octanol–water partition coefficient (Wildman–Crippen LogP) is 3.65. The summed E-state index contributed by atoms with van der Waals surface area (Å²) in [5.74, 6) is 0.876. The van der Waals surface area contributed by atoms with Crippen LogP contribution in [-0.4, -0.2) is 68.1 Å². The average molecular weight is 408 g/mol. The number of amides is 1. The highest BCUT2D eigenvalue weighted by Gasteiger charge is 2.15.